The van der Waals surface area contributed by atoms with Gasteiger partial charge in [0.2, 0.25) is 0 Å². The minimum Gasteiger partial charge on any atom is -0.491 e. The second-order valence-electron chi connectivity index (χ2n) is 4.57. The molecule has 0 spiro atoms. The number of hydrogen-bond donors (Lipinski definition) is 1. The van der Waals surface area contributed by atoms with Crippen molar-refractivity contribution in [3.8, 4) is 5.75 Å². The second kappa shape index (κ2) is 10.2. The molecule has 0 saturated carbocycles. The van der Waals surface area contributed by atoms with Crippen molar-refractivity contribution in [2.24, 2.45) is 0 Å². The number of carboxylic acids is 1. The van der Waals surface area contributed by atoms with E-state index in [9.17, 15) is 9.59 Å². The molecule has 0 aromatic heterocycles. The molecule has 21 heavy (non-hydrogen) atoms. The van der Waals surface area contributed by atoms with Gasteiger partial charge in [-0.25, -0.2) is 0 Å². The van der Waals surface area contributed by atoms with Gasteiger partial charge in [0.25, 0.3) is 0 Å². The number of hydrogen-bond acceptors (Lipinski definition) is 4. The molecular formula is C15H22ClNO4. The van der Waals surface area contributed by atoms with Crippen molar-refractivity contribution in [2.45, 2.75) is 20.3 Å². The molecule has 0 bridgehead atoms. The van der Waals surface area contributed by atoms with Gasteiger partial charge in [0, 0.05) is 6.54 Å². The first kappa shape index (κ1) is 19.4. The van der Waals surface area contributed by atoms with E-state index < -0.39 is 5.97 Å². The molecule has 1 aromatic rings. The van der Waals surface area contributed by atoms with Crippen LogP contribution < -0.4 is 4.74 Å². The van der Waals surface area contributed by atoms with Gasteiger partial charge in [-0.15, -0.1) is 12.4 Å². The van der Waals surface area contributed by atoms with Crippen LogP contribution in [0.25, 0.3) is 0 Å². The topological polar surface area (TPSA) is 66.8 Å². The van der Waals surface area contributed by atoms with Gasteiger partial charge in [-0.3, -0.25) is 14.5 Å². The Labute approximate surface area is 131 Å². The number of para-hydroxylation sites is 1. The van der Waals surface area contributed by atoms with Crippen LogP contribution in [0.2, 0.25) is 0 Å². The Morgan fingerprint density at radius 2 is 1.90 bits per heavy atom. The number of carbonyl (C=O) groups is 2. The summed E-state index contributed by atoms with van der Waals surface area (Å²) in [5.74, 6) is -0.342. The van der Waals surface area contributed by atoms with Gasteiger partial charge in [0.1, 0.15) is 12.4 Å². The van der Waals surface area contributed by atoms with Crippen LogP contribution >= 0.6 is 12.4 Å². The Hall–Kier alpha value is -1.59. The van der Waals surface area contributed by atoms with E-state index in [4.69, 9.17) is 9.84 Å². The number of carbonyl (C=O) groups excluding carboxylic acids is 1. The Morgan fingerprint density at radius 1 is 1.24 bits per heavy atom. The van der Waals surface area contributed by atoms with E-state index in [1.165, 1.54) is 6.92 Å². The average Bonchev–Trinajstić information content (AvgIpc) is 2.38. The summed E-state index contributed by atoms with van der Waals surface area (Å²) < 4.78 is 5.60. The number of aliphatic carboxylic acids is 1. The zero-order chi connectivity index (χ0) is 15.0. The third kappa shape index (κ3) is 7.11. The summed E-state index contributed by atoms with van der Waals surface area (Å²) in [4.78, 5) is 24.0. The van der Waals surface area contributed by atoms with Crippen LogP contribution in [0.4, 0.5) is 0 Å². The SMILES string of the molecule is CCCN(CCOc1ccccc1C(C)=O)CC(=O)O.Cl. The zero-order valence-corrected chi connectivity index (χ0v) is 13.2. The molecule has 6 heteroatoms. The van der Waals surface area contributed by atoms with Crippen molar-refractivity contribution in [1.29, 1.82) is 0 Å². The van der Waals surface area contributed by atoms with E-state index in [0.29, 0.717) is 31.0 Å². The molecule has 0 aliphatic rings. The maximum atomic E-state index is 11.4. The highest BCUT2D eigenvalue weighted by Gasteiger charge is 2.10. The summed E-state index contributed by atoms with van der Waals surface area (Å²) in [6.07, 6.45) is 0.886. The normalized spacial score (nSPS) is 10.0. The van der Waals surface area contributed by atoms with E-state index in [2.05, 4.69) is 0 Å². The summed E-state index contributed by atoms with van der Waals surface area (Å²) in [5, 5.41) is 8.82. The summed E-state index contributed by atoms with van der Waals surface area (Å²) in [6, 6.07) is 7.07. The van der Waals surface area contributed by atoms with Crippen molar-refractivity contribution < 1.29 is 19.4 Å². The van der Waals surface area contributed by atoms with Crippen LogP contribution in [0.15, 0.2) is 24.3 Å². The Balaban J connectivity index is 0.00000400. The van der Waals surface area contributed by atoms with Crippen LogP contribution in [-0.4, -0.2) is 48.0 Å². The van der Waals surface area contributed by atoms with E-state index in [0.717, 1.165) is 6.42 Å². The van der Waals surface area contributed by atoms with Crippen molar-refractivity contribution in [2.75, 3.05) is 26.2 Å². The summed E-state index contributed by atoms with van der Waals surface area (Å²) in [5.41, 5.74) is 0.549. The quantitative estimate of drug-likeness (QED) is 0.709. The van der Waals surface area contributed by atoms with Crippen molar-refractivity contribution in [3.63, 3.8) is 0 Å². The van der Waals surface area contributed by atoms with Crippen molar-refractivity contribution in [3.05, 3.63) is 29.8 Å². The first-order valence-electron chi connectivity index (χ1n) is 6.71. The van der Waals surface area contributed by atoms with E-state index in [1.54, 1.807) is 18.2 Å². The van der Waals surface area contributed by atoms with Gasteiger partial charge in [-0.05, 0) is 32.0 Å². The highest BCUT2D eigenvalue weighted by Crippen LogP contribution is 2.18. The Bertz CT molecular complexity index is 465. The van der Waals surface area contributed by atoms with Gasteiger partial charge in [0.15, 0.2) is 5.78 Å². The molecule has 0 atom stereocenters. The van der Waals surface area contributed by atoms with Gasteiger partial charge in [-0.1, -0.05) is 19.1 Å². The van der Waals surface area contributed by atoms with Crippen LogP contribution in [0, 0.1) is 0 Å². The third-order valence-corrected chi connectivity index (χ3v) is 2.83. The molecular weight excluding hydrogens is 294 g/mol. The van der Waals surface area contributed by atoms with Gasteiger partial charge in [-0.2, -0.15) is 0 Å². The molecule has 1 aromatic carbocycles. The highest BCUT2D eigenvalue weighted by atomic mass is 35.5. The van der Waals surface area contributed by atoms with Crippen LogP contribution in [0.3, 0.4) is 0 Å². The maximum absolute atomic E-state index is 11.4. The highest BCUT2D eigenvalue weighted by molar-refractivity contribution is 5.96. The summed E-state index contributed by atoms with van der Waals surface area (Å²) >= 11 is 0. The lowest BCUT2D eigenvalue weighted by atomic mass is 10.1. The Kier molecular flexibility index (Phi) is 9.41. The monoisotopic (exact) mass is 315 g/mol. The lowest BCUT2D eigenvalue weighted by Crippen LogP contribution is -2.34. The molecule has 1 rings (SSSR count). The fourth-order valence-corrected chi connectivity index (χ4v) is 1.95. The minimum absolute atomic E-state index is 0. The molecule has 0 saturated heterocycles. The van der Waals surface area contributed by atoms with Crippen molar-refractivity contribution in [1.82, 2.24) is 4.90 Å². The zero-order valence-electron chi connectivity index (χ0n) is 12.4. The summed E-state index contributed by atoms with van der Waals surface area (Å²) in [6.45, 7) is 5.09. The molecule has 118 valence electrons. The van der Waals surface area contributed by atoms with Gasteiger partial charge >= 0.3 is 5.97 Å². The minimum atomic E-state index is -0.845. The fourth-order valence-electron chi connectivity index (χ4n) is 1.95. The molecule has 0 unspecified atom stereocenters. The number of nitrogens with zero attached hydrogens (tertiary/aromatic N) is 1. The molecule has 0 radical (unpaired) electrons. The van der Waals surface area contributed by atoms with E-state index in [-0.39, 0.29) is 24.7 Å². The first-order chi connectivity index (χ1) is 9.54. The molecule has 1 N–H and O–H groups in total. The molecule has 5 nitrogen and oxygen atoms in total. The number of carboxylic acid groups (broad SMARTS) is 1. The lowest BCUT2D eigenvalue weighted by Gasteiger charge is -2.19. The largest absolute Gasteiger partial charge is 0.491 e. The van der Waals surface area contributed by atoms with Gasteiger partial charge < -0.3 is 9.84 Å². The third-order valence-electron chi connectivity index (χ3n) is 2.83. The number of rotatable bonds is 9. The van der Waals surface area contributed by atoms with E-state index in [1.807, 2.05) is 17.9 Å². The molecule has 0 heterocycles. The molecule has 0 aliphatic carbocycles. The maximum Gasteiger partial charge on any atom is 0.317 e. The van der Waals surface area contributed by atoms with Crippen LogP contribution in [-0.2, 0) is 4.79 Å². The van der Waals surface area contributed by atoms with Crippen LogP contribution in [0.5, 0.6) is 5.75 Å². The van der Waals surface area contributed by atoms with Crippen molar-refractivity contribution >= 4 is 24.2 Å². The fraction of sp³-hybridized carbons (Fsp3) is 0.467. The predicted octanol–water partition coefficient (Wildman–Crippen LogP) is 2.49. The number of ether oxygens (including phenoxy) is 1. The standard InChI is InChI=1S/C15H21NO4.ClH/c1-3-8-16(11-15(18)19)9-10-20-14-7-5-4-6-13(14)12(2)17;/h4-7H,3,8-11H2,1-2H3,(H,18,19);1H. The molecule has 0 aliphatic heterocycles. The van der Waals surface area contributed by atoms with E-state index >= 15 is 0 Å². The van der Waals surface area contributed by atoms with Gasteiger partial charge in [0.05, 0.1) is 12.1 Å². The first-order valence-corrected chi connectivity index (χ1v) is 6.71. The predicted molar refractivity (Wildman–Crippen MR) is 83.6 cm³/mol. The molecule has 0 amide bonds. The average molecular weight is 316 g/mol. The van der Waals surface area contributed by atoms with Crippen LogP contribution in [0.1, 0.15) is 30.6 Å². The number of Topliss-reactive ketones (excluding diaryl/α,β-unsaturated/α-hetero) is 1. The molecule has 0 fully saturated rings. The lowest BCUT2D eigenvalue weighted by molar-refractivity contribution is -0.138. The Morgan fingerprint density at radius 3 is 2.48 bits per heavy atom. The second-order valence-corrected chi connectivity index (χ2v) is 4.57. The number of halogens is 1. The smallest absolute Gasteiger partial charge is 0.317 e. The summed E-state index contributed by atoms with van der Waals surface area (Å²) in [7, 11) is 0. The number of benzene rings is 1. The number of ketones is 1.